The summed E-state index contributed by atoms with van der Waals surface area (Å²) in [6.45, 7) is 6.82. The molecule has 3 heteroatoms. The second-order valence-electron chi connectivity index (χ2n) is 4.74. The van der Waals surface area contributed by atoms with Gasteiger partial charge in [-0.1, -0.05) is 18.2 Å². The minimum Gasteiger partial charge on any atom is -0.488 e. The Morgan fingerprint density at radius 1 is 1.05 bits per heavy atom. The van der Waals surface area contributed by atoms with Crippen molar-refractivity contribution in [1.82, 2.24) is 4.98 Å². The van der Waals surface area contributed by atoms with Gasteiger partial charge in [0.05, 0.1) is 0 Å². The monoisotopic (exact) mass is 256 g/mol. The fraction of sp³-hybridized carbons (Fsp3) is 0.312. The standard InChI is InChI=1S/C16H20N2O/c1-11-5-6-12(2)16(13(11)3)19-10-14-7-8-15(17-4)18-9-14/h5-9H,10H2,1-4H3,(H,17,18). The summed E-state index contributed by atoms with van der Waals surface area (Å²) < 4.78 is 5.95. The number of aromatic nitrogens is 1. The number of anilines is 1. The van der Waals surface area contributed by atoms with Crippen LogP contribution in [0, 0.1) is 20.8 Å². The molecule has 0 fully saturated rings. The fourth-order valence-corrected chi connectivity index (χ4v) is 1.96. The highest BCUT2D eigenvalue weighted by Crippen LogP contribution is 2.26. The maximum atomic E-state index is 5.95. The van der Waals surface area contributed by atoms with Crippen LogP contribution < -0.4 is 10.1 Å². The Hall–Kier alpha value is -2.03. The molecule has 100 valence electrons. The summed E-state index contributed by atoms with van der Waals surface area (Å²) in [6, 6.07) is 8.20. The number of pyridine rings is 1. The zero-order chi connectivity index (χ0) is 13.8. The summed E-state index contributed by atoms with van der Waals surface area (Å²) >= 11 is 0. The minimum absolute atomic E-state index is 0.544. The predicted molar refractivity (Wildman–Crippen MR) is 78.8 cm³/mol. The van der Waals surface area contributed by atoms with E-state index in [1.807, 2.05) is 25.4 Å². The molecule has 0 amide bonds. The van der Waals surface area contributed by atoms with Gasteiger partial charge in [-0.3, -0.25) is 0 Å². The van der Waals surface area contributed by atoms with Crippen LogP contribution >= 0.6 is 0 Å². The molecule has 0 radical (unpaired) electrons. The van der Waals surface area contributed by atoms with Crippen molar-refractivity contribution in [3.8, 4) is 5.75 Å². The second kappa shape index (κ2) is 5.74. The lowest BCUT2D eigenvalue weighted by Crippen LogP contribution is -2.01. The highest BCUT2D eigenvalue weighted by atomic mass is 16.5. The Bertz CT molecular complexity index is 562. The summed E-state index contributed by atoms with van der Waals surface area (Å²) in [5.41, 5.74) is 4.70. The van der Waals surface area contributed by atoms with Crippen LogP contribution in [0.1, 0.15) is 22.3 Å². The van der Waals surface area contributed by atoms with E-state index in [4.69, 9.17) is 4.74 Å². The van der Waals surface area contributed by atoms with E-state index >= 15 is 0 Å². The zero-order valence-corrected chi connectivity index (χ0v) is 11.9. The van der Waals surface area contributed by atoms with Crippen molar-refractivity contribution in [3.05, 3.63) is 52.7 Å². The van der Waals surface area contributed by atoms with Crippen LogP contribution in [0.4, 0.5) is 5.82 Å². The topological polar surface area (TPSA) is 34.1 Å². The number of nitrogens with zero attached hydrogens (tertiary/aromatic N) is 1. The zero-order valence-electron chi connectivity index (χ0n) is 11.9. The Morgan fingerprint density at radius 3 is 2.42 bits per heavy atom. The molecule has 2 rings (SSSR count). The molecule has 0 saturated carbocycles. The van der Waals surface area contributed by atoms with Crippen molar-refractivity contribution in [1.29, 1.82) is 0 Å². The molecule has 0 aliphatic heterocycles. The third-order valence-electron chi connectivity index (χ3n) is 3.34. The predicted octanol–water partition coefficient (Wildman–Crippen LogP) is 3.63. The van der Waals surface area contributed by atoms with Crippen LogP contribution in [0.2, 0.25) is 0 Å². The van der Waals surface area contributed by atoms with Crippen LogP contribution in [0.3, 0.4) is 0 Å². The largest absolute Gasteiger partial charge is 0.488 e. The first-order chi connectivity index (χ1) is 9.11. The van der Waals surface area contributed by atoms with Gasteiger partial charge in [0, 0.05) is 18.8 Å². The highest BCUT2D eigenvalue weighted by Gasteiger charge is 2.06. The molecule has 3 nitrogen and oxygen atoms in total. The van der Waals surface area contributed by atoms with E-state index in [1.165, 1.54) is 16.7 Å². The molecule has 0 spiro atoms. The van der Waals surface area contributed by atoms with Gasteiger partial charge in [-0.25, -0.2) is 4.98 Å². The first-order valence-electron chi connectivity index (χ1n) is 6.44. The van der Waals surface area contributed by atoms with Gasteiger partial charge in [0.25, 0.3) is 0 Å². The second-order valence-corrected chi connectivity index (χ2v) is 4.74. The van der Waals surface area contributed by atoms with Crippen LogP contribution in [-0.2, 0) is 6.61 Å². The number of benzene rings is 1. The van der Waals surface area contributed by atoms with E-state index in [2.05, 4.69) is 43.2 Å². The Kier molecular flexibility index (Phi) is 4.05. The average molecular weight is 256 g/mol. The maximum absolute atomic E-state index is 5.95. The van der Waals surface area contributed by atoms with Gasteiger partial charge < -0.3 is 10.1 Å². The lowest BCUT2D eigenvalue weighted by Gasteiger charge is -2.14. The molecule has 0 bridgehead atoms. The summed E-state index contributed by atoms with van der Waals surface area (Å²) in [6.07, 6.45) is 1.84. The molecule has 1 heterocycles. The van der Waals surface area contributed by atoms with Crippen molar-refractivity contribution < 1.29 is 4.74 Å². The minimum atomic E-state index is 0.544. The lowest BCUT2D eigenvalue weighted by atomic mass is 10.1. The number of rotatable bonds is 4. The average Bonchev–Trinajstić information content (AvgIpc) is 2.44. The van der Waals surface area contributed by atoms with E-state index in [1.54, 1.807) is 0 Å². The SMILES string of the molecule is CNc1ccc(COc2c(C)ccc(C)c2C)cn1. The van der Waals surface area contributed by atoms with Crippen LogP contribution in [0.25, 0.3) is 0 Å². The van der Waals surface area contributed by atoms with Gasteiger partial charge in [-0.15, -0.1) is 0 Å². The molecule has 2 aromatic rings. The van der Waals surface area contributed by atoms with E-state index in [-0.39, 0.29) is 0 Å². The molecular weight excluding hydrogens is 236 g/mol. The fourth-order valence-electron chi connectivity index (χ4n) is 1.96. The summed E-state index contributed by atoms with van der Waals surface area (Å²) in [4.78, 5) is 4.28. The van der Waals surface area contributed by atoms with E-state index in [0.29, 0.717) is 6.61 Å². The normalized spacial score (nSPS) is 10.3. The molecule has 19 heavy (non-hydrogen) atoms. The summed E-state index contributed by atoms with van der Waals surface area (Å²) in [5.74, 6) is 1.85. The van der Waals surface area contributed by atoms with Gasteiger partial charge in [-0.05, 0) is 43.5 Å². The first kappa shape index (κ1) is 13.4. The van der Waals surface area contributed by atoms with E-state index < -0.39 is 0 Å². The molecule has 0 saturated heterocycles. The number of nitrogens with one attached hydrogen (secondary N) is 1. The van der Waals surface area contributed by atoms with Gasteiger partial charge in [0.2, 0.25) is 0 Å². The van der Waals surface area contributed by atoms with Crippen molar-refractivity contribution >= 4 is 5.82 Å². The van der Waals surface area contributed by atoms with Crippen molar-refractivity contribution in [2.75, 3.05) is 12.4 Å². The molecule has 0 aliphatic rings. The smallest absolute Gasteiger partial charge is 0.125 e. The van der Waals surface area contributed by atoms with Crippen molar-refractivity contribution in [2.45, 2.75) is 27.4 Å². The molecule has 1 N–H and O–H groups in total. The highest BCUT2D eigenvalue weighted by molar-refractivity contribution is 5.44. The van der Waals surface area contributed by atoms with Gasteiger partial charge >= 0.3 is 0 Å². The molecule has 0 atom stereocenters. The Morgan fingerprint density at radius 2 is 1.79 bits per heavy atom. The Balaban J connectivity index is 2.12. The van der Waals surface area contributed by atoms with E-state index in [0.717, 1.165) is 17.1 Å². The third-order valence-corrected chi connectivity index (χ3v) is 3.34. The van der Waals surface area contributed by atoms with Gasteiger partial charge in [-0.2, -0.15) is 0 Å². The van der Waals surface area contributed by atoms with Crippen LogP contribution in [0.15, 0.2) is 30.5 Å². The quantitative estimate of drug-likeness (QED) is 0.907. The Labute approximate surface area is 114 Å². The molecule has 1 aromatic heterocycles. The molecular formula is C16H20N2O. The summed E-state index contributed by atoms with van der Waals surface area (Å²) in [7, 11) is 1.86. The molecule has 1 aromatic carbocycles. The lowest BCUT2D eigenvalue weighted by molar-refractivity contribution is 0.301. The molecule has 0 unspecified atom stereocenters. The van der Waals surface area contributed by atoms with Crippen LogP contribution in [-0.4, -0.2) is 12.0 Å². The maximum Gasteiger partial charge on any atom is 0.125 e. The summed E-state index contributed by atoms with van der Waals surface area (Å²) in [5, 5.41) is 3.00. The molecule has 0 aliphatic carbocycles. The van der Waals surface area contributed by atoms with Gasteiger partial charge in [0.1, 0.15) is 18.2 Å². The third kappa shape index (κ3) is 3.05. The van der Waals surface area contributed by atoms with Crippen molar-refractivity contribution in [3.63, 3.8) is 0 Å². The van der Waals surface area contributed by atoms with Gasteiger partial charge in [0.15, 0.2) is 0 Å². The number of hydrogen-bond acceptors (Lipinski definition) is 3. The van der Waals surface area contributed by atoms with Crippen molar-refractivity contribution in [2.24, 2.45) is 0 Å². The first-order valence-corrected chi connectivity index (χ1v) is 6.44. The van der Waals surface area contributed by atoms with E-state index in [9.17, 15) is 0 Å². The van der Waals surface area contributed by atoms with Crippen LogP contribution in [0.5, 0.6) is 5.75 Å². The number of ether oxygens (including phenoxy) is 1. The number of aryl methyl sites for hydroxylation is 2. The number of hydrogen-bond donors (Lipinski definition) is 1.